The molecule has 0 aliphatic heterocycles. The first-order valence-corrected chi connectivity index (χ1v) is 7.53. The number of aromatic nitrogens is 1. The molecule has 0 aliphatic carbocycles. The summed E-state index contributed by atoms with van der Waals surface area (Å²) >= 11 is 0. The Kier molecular flexibility index (Phi) is 6.02. The lowest BCUT2D eigenvalue weighted by Crippen LogP contribution is -2.09. The summed E-state index contributed by atoms with van der Waals surface area (Å²) in [5.41, 5.74) is 21.0. The number of nitrogens with two attached hydrogens (primary N) is 3. The summed E-state index contributed by atoms with van der Waals surface area (Å²) in [6.45, 7) is 0.284. The van der Waals surface area contributed by atoms with Crippen LogP contribution in [0.1, 0.15) is 16.7 Å². The largest absolute Gasteiger partial charge is 0.404 e. The van der Waals surface area contributed by atoms with Crippen LogP contribution < -0.4 is 22.5 Å². The topological polar surface area (TPSA) is 144 Å². The van der Waals surface area contributed by atoms with Gasteiger partial charge in [-0.2, -0.15) is 0 Å². The van der Waals surface area contributed by atoms with Gasteiger partial charge in [-0.1, -0.05) is 0 Å². The molecule has 8 N–H and O–H groups in total. The molecule has 0 saturated heterocycles. The first kappa shape index (κ1) is 17.9. The Morgan fingerprint density at radius 3 is 2.72 bits per heavy atom. The Morgan fingerprint density at radius 2 is 2.08 bits per heavy atom. The molecule has 1 aromatic heterocycles. The molecule has 7 nitrogen and oxygen atoms in total. The summed E-state index contributed by atoms with van der Waals surface area (Å²) in [7, 11) is 0. The van der Waals surface area contributed by atoms with Crippen LogP contribution in [0.2, 0.25) is 0 Å². The monoisotopic (exact) mass is 336 g/mol. The van der Waals surface area contributed by atoms with Crippen molar-refractivity contribution in [1.82, 2.24) is 4.98 Å². The zero-order chi connectivity index (χ0) is 18.2. The highest BCUT2D eigenvalue weighted by molar-refractivity contribution is 6.03. The predicted octanol–water partition coefficient (Wildman–Crippen LogP) is 1.57. The molecule has 0 radical (unpaired) electrons. The molecule has 0 fully saturated rings. The molecule has 0 aliphatic rings. The van der Waals surface area contributed by atoms with Crippen LogP contribution in [0.15, 0.2) is 48.9 Å². The maximum atomic E-state index is 12.1. The van der Waals surface area contributed by atoms with E-state index in [0.29, 0.717) is 16.9 Å². The summed E-state index contributed by atoms with van der Waals surface area (Å²) in [6.07, 6.45) is 8.91. The van der Waals surface area contributed by atoms with Crippen LogP contribution in [0.3, 0.4) is 0 Å². The lowest BCUT2D eigenvalue weighted by atomic mass is 10.0. The molecule has 1 heterocycles. The summed E-state index contributed by atoms with van der Waals surface area (Å²) in [5, 5.41) is 9.93. The van der Waals surface area contributed by atoms with E-state index in [4.69, 9.17) is 22.6 Å². The van der Waals surface area contributed by atoms with E-state index in [-0.39, 0.29) is 12.5 Å². The van der Waals surface area contributed by atoms with Crippen molar-refractivity contribution in [2.45, 2.75) is 0 Å². The van der Waals surface area contributed by atoms with Gasteiger partial charge in [-0.05, 0) is 47.7 Å². The number of amides is 1. The zero-order valence-electron chi connectivity index (χ0n) is 13.6. The summed E-state index contributed by atoms with van der Waals surface area (Å²) in [5.74, 6) is -0.317. The zero-order valence-corrected chi connectivity index (χ0v) is 13.6. The number of anilines is 2. The molecule has 128 valence electrons. The van der Waals surface area contributed by atoms with Crippen molar-refractivity contribution in [2.24, 2.45) is 11.5 Å². The normalized spacial score (nSPS) is 11.5. The molecular weight excluding hydrogens is 316 g/mol. The molecule has 0 bridgehead atoms. The van der Waals surface area contributed by atoms with Gasteiger partial charge in [-0.25, -0.2) is 0 Å². The highest BCUT2D eigenvalue weighted by Crippen LogP contribution is 2.19. The Labute approximate surface area is 145 Å². The third-order valence-electron chi connectivity index (χ3n) is 3.54. The number of nitrogens with zero attached hydrogens (tertiary/aromatic N) is 1. The number of nitrogen functional groups attached to an aromatic ring is 1. The summed E-state index contributed by atoms with van der Waals surface area (Å²) in [6, 6.07) is 6.74. The predicted molar refractivity (Wildman–Crippen MR) is 102 cm³/mol. The number of carbonyl (C=O) groups is 1. The van der Waals surface area contributed by atoms with Gasteiger partial charge >= 0.3 is 0 Å². The molecule has 1 aromatic carbocycles. The molecule has 0 unspecified atom stereocenters. The summed E-state index contributed by atoms with van der Waals surface area (Å²) in [4.78, 5) is 16.2. The molecule has 0 atom stereocenters. The van der Waals surface area contributed by atoms with Gasteiger partial charge in [-0.15, -0.1) is 0 Å². The van der Waals surface area contributed by atoms with Gasteiger partial charge in [0.1, 0.15) is 0 Å². The van der Waals surface area contributed by atoms with Crippen molar-refractivity contribution in [3.05, 3.63) is 65.6 Å². The van der Waals surface area contributed by atoms with Crippen LogP contribution in [0.4, 0.5) is 11.4 Å². The van der Waals surface area contributed by atoms with Crippen molar-refractivity contribution < 1.29 is 4.79 Å². The van der Waals surface area contributed by atoms with E-state index in [2.05, 4.69) is 10.3 Å². The van der Waals surface area contributed by atoms with E-state index in [1.54, 1.807) is 42.7 Å². The Morgan fingerprint density at radius 1 is 1.28 bits per heavy atom. The fourth-order valence-corrected chi connectivity index (χ4v) is 2.23. The maximum absolute atomic E-state index is 12.1. The van der Waals surface area contributed by atoms with Crippen LogP contribution in [0.5, 0.6) is 0 Å². The van der Waals surface area contributed by atoms with Gasteiger partial charge in [0.05, 0.1) is 0 Å². The van der Waals surface area contributed by atoms with E-state index in [9.17, 15) is 4.79 Å². The molecule has 0 spiro atoms. The minimum absolute atomic E-state index is 0.284. The molecule has 2 aromatic rings. The molecule has 7 heteroatoms. The van der Waals surface area contributed by atoms with E-state index in [0.717, 1.165) is 22.9 Å². The van der Waals surface area contributed by atoms with E-state index >= 15 is 0 Å². The van der Waals surface area contributed by atoms with Gasteiger partial charge in [0.2, 0.25) is 5.91 Å². The van der Waals surface area contributed by atoms with Crippen molar-refractivity contribution >= 4 is 35.1 Å². The Balaban J connectivity index is 2.16. The number of pyridine rings is 1. The Hall–Kier alpha value is -3.45. The number of carbonyl (C=O) groups excluding carboxylic acids is 1. The average Bonchev–Trinajstić information content (AvgIpc) is 2.62. The van der Waals surface area contributed by atoms with Crippen LogP contribution in [0, 0.1) is 5.41 Å². The molecule has 1 amide bonds. The second-order valence-corrected chi connectivity index (χ2v) is 5.17. The number of hydrogen-bond donors (Lipinski definition) is 5. The van der Waals surface area contributed by atoms with Crippen molar-refractivity contribution in [3.8, 4) is 0 Å². The number of rotatable bonds is 6. The fourth-order valence-electron chi connectivity index (χ4n) is 2.23. The molecular formula is C18H20N6O. The van der Waals surface area contributed by atoms with Gasteiger partial charge in [-0.3, -0.25) is 9.78 Å². The van der Waals surface area contributed by atoms with Gasteiger partial charge in [0.15, 0.2) is 0 Å². The molecule has 2 rings (SSSR count). The van der Waals surface area contributed by atoms with E-state index < -0.39 is 0 Å². The van der Waals surface area contributed by atoms with Gasteiger partial charge in [0.25, 0.3) is 0 Å². The minimum atomic E-state index is -0.317. The SMILES string of the molecule is N=Cc1ccc(NC(=O)/C=C/c2cnccc2/C(=C/N)CN)cc1N. The molecule has 0 saturated carbocycles. The van der Waals surface area contributed by atoms with Crippen LogP contribution >= 0.6 is 0 Å². The first-order chi connectivity index (χ1) is 12.1. The maximum Gasteiger partial charge on any atom is 0.248 e. The highest BCUT2D eigenvalue weighted by Gasteiger charge is 2.05. The lowest BCUT2D eigenvalue weighted by Gasteiger charge is -2.08. The quantitative estimate of drug-likeness (QED) is 0.309. The number of nitrogens with one attached hydrogen (secondary N) is 2. The van der Waals surface area contributed by atoms with Crippen LogP contribution in [0.25, 0.3) is 11.6 Å². The van der Waals surface area contributed by atoms with Crippen molar-refractivity contribution in [1.29, 1.82) is 5.41 Å². The smallest absolute Gasteiger partial charge is 0.248 e. The number of benzene rings is 1. The third kappa shape index (κ3) is 4.52. The van der Waals surface area contributed by atoms with Gasteiger partial charge in [0, 0.05) is 53.7 Å². The lowest BCUT2D eigenvalue weighted by molar-refractivity contribution is -0.111. The second-order valence-electron chi connectivity index (χ2n) is 5.17. The standard InChI is InChI=1S/C18H20N6O/c19-8-12-1-3-15(7-17(12)22)24-18(25)4-2-13-11-23-6-5-16(13)14(9-20)10-21/h1-9,11,19H,10,20-22H2,(H,24,25)/b4-2+,14-9+,19-8?. The van der Waals surface area contributed by atoms with Crippen molar-refractivity contribution in [2.75, 3.05) is 17.6 Å². The average molecular weight is 336 g/mol. The van der Waals surface area contributed by atoms with E-state index in [1.165, 1.54) is 12.3 Å². The summed E-state index contributed by atoms with van der Waals surface area (Å²) < 4.78 is 0. The third-order valence-corrected chi connectivity index (χ3v) is 3.54. The van der Waals surface area contributed by atoms with Crippen LogP contribution in [-0.4, -0.2) is 23.7 Å². The van der Waals surface area contributed by atoms with Crippen LogP contribution in [-0.2, 0) is 4.79 Å². The minimum Gasteiger partial charge on any atom is -0.404 e. The number of hydrogen-bond acceptors (Lipinski definition) is 6. The second kappa shape index (κ2) is 8.42. The highest BCUT2D eigenvalue weighted by atomic mass is 16.1. The fraction of sp³-hybridized carbons (Fsp3) is 0.0556. The van der Waals surface area contributed by atoms with Gasteiger partial charge < -0.3 is 27.9 Å². The first-order valence-electron chi connectivity index (χ1n) is 7.53. The van der Waals surface area contributed by atoms with E-state index in [1.807, 2.05) is 0 Å². The Bertz CT molecular complexity index is 841. The molecule has 25 heavy (non-hydrogen) atoms. The van der Waals surface area contributed by atoms with Crippen molar-refractivity contribution in [3.63, 3.8) is 0 Å².